The van der Waals surface area contributed by atoms with Crippen LogP contribution in [0.1, 0.15) is 12.0 Å². The number of nitrogens with two attached hydrogens (primary N) is 1. The number of hydrogen-bond donors (Lipinski definition) is 2. The number of aryl methyl sites for hydroxylation is 1. The van der Waals surface area contributed by atoms with E-state index in [0.29, 0.717) is 6.54 Å². The van der Waals surface area contributed by atoms with E-state index in [0.717, 1.165) is 33.9 Å². The number of nitrogens with zero attached hydrogens (tertiary/aromatic N) is 1. The highest BCUT2D eigenvalue weighted by atomic mass is 79.9. The van der Waals surface area contributed by atoms with Gasteiger partial charge in [0.15, 0.2) is 0 Å². The molecule has 0 fully saturated rings. The van der Waals surface area contributed by atoms with Gasteiger partial charge in [-0.2, -0.15) is 0 Å². The van der Waals surface area contributed by atoms with E-state index in [-0.39, 0.29) is 6.42 Å². The maximum atomic E-state index is 10.9. The van der Waals surface area contributed by atoms with Crippen molar-refractivity contribution in [3.8, 4) is 0 Å². The predicted molar refractivity (Wildman–Crippen MR) is 74.6 cm³/mol. The Kier molecular flexibility index (Phi) is 4.04. The molecule has 0 saturated carbocycles. The number of carboxylic acid groups (broad SMARTS) is 1. The van der Waals surface area contributed by atoms with Crippen LogP contribution < -0.4 is 5.73 Å². The molecular weight excluding hydrogens is 296 g/mol. The number of aromatic nitrogens is 1. The first kappa shape index (κ1) is 13.1. The lowest BCUT2D eigenvalue weighted by atomic mass is 10.1. The Morgan fingerprint density at radius 1 is 1.44 bits per heavy atom. The molecule has 0 bridgehead atoms. The summed E-state index contributed by atoms with van der Waals surface area (Å²) < 4.78 is 3.03. The summed E-state index contributed by atoms with van der Waals surface area (Å²) in [5, 5.41) is 9.93. The zero-order chi connectivity index (χ0) is 13.1. The fraction of sp³-hybridized carbons (Fsp3) is 0.308. The fourth-order valence-corrected chi connectivity index (χ4v) is 2.45. The van der Waals surface area contributed by atoms with Gasteiger partial charge >= 0.3 is 5.97 Å². The molecule has 0 atom stereocenters. The van der Waals surface area contributed by atoms with Crippen LogP contribution in [0.25, 0.3) is 10.9 Å². The van der Waals surface area contributed by atoms with Crippen LogP contribution in [0.2, 0.25) is 0 Å². The van der Waals surface area contributed by atoms with E-state index in [1.54, 1.807) is 0 Å². The van der Waals surface area contributed by atoms with Gasteiger partial charge in [0.1, 0.15) is 0 Å². The first-order valence-corrected chi connectivity index (χ1v) is 6.60. The van der Waals surface area contributed by atoms with Gasteiger partial charge in [0, 0.05) is 28.1 Å². The van der Waals surface area contributed by atoms with Crippen LogP contribution in [0.15, 0.2) is 28.9 Å². The summed E-state index contributed by atoms with van der Waals surface area (Å²) in [5.74, 6) is -0.812. The number of carbonyl (C=O) groups is 1. The van der Waals surface area contributed by atoms with Crippen LogP contribution in [0, 0.1) is 0 Å². The molecule has 3 N–H and O–H groups in total. The number of hydrogen-bond acceptors (Lipinski definition) is 2. The molecule has 1 aromatic carbocycles. The molecule has 1 aromatic heterocycles. The summed E-state index contributed by atoms with van der Waals surface area (Å²) >= 11 is 3.42. The molecule has 96 valence electrons. The Bertz CT molecular complexity index is 578. The third-order valence-electron chi connectivity index (χ3n) is 2.87. The summed E-state index contributed by atoms with van der Waals surface area (Å²) in [7, 11) is 0. The molecule has 0 unspecified atom stereocenters. The average molecular weight is 311 g/mol. The van der Waals surface area contributed by atoms with Crippen molar-refractivity contribution in [3.05, 3.63) is 34.4 Å². The number of fused-ring (bicyclic) bond motifs is 1. The van der Waals surface area contributed by atoms with E-state index in [1.165, 1.54) is 0 Å². The van der Waals surface area contributed by atoms with Crippen molar-refractivity contribution in [3.63, 3.8) is 0 Å². The van der Waals surface area contributed by atoms with E-state index in [2.05, 4.69) is 20.5 Å². The van der Waals surface area contributed by atoms with Gasteiger partial charge in [0.25, 0.3) is 0 Å². The lowest BCUT2D eigenvalue weighted by molar-refractivity contribution is -0.136. The summed E-state index contributed by atoms with van der Waals surface area (Å²) in [5.41, 5.74) is 7.42. The third-order valence-corrected chi connectivity index (χ3v) is 3.36. The number of aliphatic carboxylic acids is 1. The van der Waals surface area contributed by atoms with Crippen molar-refractivity contribution in [1.82, 2.24) is 4.57 Å². The molecule has 18 heavy (non-hydrogen) atoms. The number of halogens is 1. The minimum absolute atomic E-state index is 0.0442. The lowest BCUT2D eigenvalue weighted by Gasteiger charge is -2.03. The molecule has 0 spiro atoms. The minimum atomic E-state index is -0.812. The van der Waals surface area contributed by atoms with E-state index in [9.17, 15) is 4.79 Å². The van der Waals surface area contributed by atoms with Gasteiger partial charge in [-0.1, -0.05) is 15.9 Å². The van der Waals surface area contributed by atoms with E-state index >= 15 is 0 Å². The van der Waals surface area contributed by atoms with Crippen LogP contribution in [-0.4, -0.2) is 22.2 Å². The minimum Gasteiger partial charge on any atom is -0.481 e. The van der Waals surface area contributed by atoms with Gasteiger partial charge in [-0.25, -0.2) is 0 Å². The van der Waals surface area contributed by atoms with Crippen LogP contribution in [0.5, 0.6) is 0 Å². The normalized spacial score (nSPS) is 11.0. The fourth-order valence-electron chi connectivity index (χ4n) is 2.09. The zero-order valence-corrected chi connectivity index (χ0v) is 11.5. The van der Waals surface area contributed by atoms with Gasteiger partial charge in [-0.05, 0) is 36.7 Å². The Balaban J connectivity index is 2.48. The van der Waals surface area contributed by atoms with Crippen molar-refractivity contribution in [2.24, 2.45) is 5.73 Å². The second kappa shape index (κ2) is 5.54. The van der Waals surface area contributed by atoms with Crippen molar-refractivity contribution in [1.29, 1.82) is 0 Å². The number of rotatable bonds is 5. The van der Waals surface area contributed by atoms with Gasteiger partial charge in [-0.3, -0.25) is 4.79 Å². The third kappa shape index (κ3) is 2.73. The zero-order valence-electron chi connectivity index (χ0n) is 9.90. The van der Waals surface area contributed by atoms with E-state index < -0.39 is 5.97 Å². The summed E-state index contributed by atoms with van der Waals surface area (Å²) in [4.78, 5) is 10.9. The monoisotopic (exact) mass is 310 g/mol. The molecule has 4 nitrogen and oxygen atoms in total. The molecule has 2 rings (SSSR count). The summed E-state index contributed by atoms with van der Waals surface area (Å²) in [6.07, 6.45) is 2.84. The quantitative estimate of drug-likeness (QED) is 0.891. The number of carboxylic acids is 1. The molecule has 0 saturated heterocycles. The van der Waals surface area contributed by atoms with E-state index in [1.807, 2.05) is 24.4 Å². The van der Waals surface area contributed by atoms with Gasteiger partial charge in [-0.15, -0.1) is 0 Å². The van der Waals surface area contributed by atoms with Crippen molar-refractivity contribution >= 4 is 32.8 Å². The summed E-state index contributed by atoms with van der Waals surface area (Å²) in [6, 6.07) is 5.93. The summed E-state index contributed by atoms with van der Waals surface area (Å²) in [6.45, 7) is 1.44. The smallest absolute Gasteiger partial charge is 0.307 e. The first-order chi connectivity index (χ1) is 8.61. The SMILES string of the molecule is NCCCn1cc(CC(=O)O)c2cc(Br)ccc21. The Morgan fingerprint density at radius 3 is 2.89 bits per heavy atom. The first-order valence-electron chi connectivity index (χ1n) is 5.81. The number of benzene rings is 1. The van der Waals surface area contributed by atoms with Crippen LogP contribution >= 0.6 is 15.9 Å². The molecule has 1 heterocycles. The molecule has 0 radical (unpaired) electrons. The molecular formula is C13H15BrN2O2. The molecule has 2 aromatic rings. The molecule has 0 aliphatic heterocycles. The largest absolute Gasteiger partial charge is 0.481 e. The molecule has 0 aliphatic carbocycles. The van der Waals surface area contributed by atoms with Crippen LogP contribution in [-0.2, 0) is 17.8 Å². The van der Waals surface area contributed by atoms with Crippen molar-refractivity contribution in [2.45, 2.75) is 19.4 Å². The maximum Gasteiger partial charge on any atom is 0.307 e. The van der Waals surface area contributed by atoms with Crippen LogP contribution in [0.4, 0.5) is 0 Å². The standard InChI is InChI=1S/C13H15BrN2O2/c14-10-2-3-12-11(7-10)9(6-13(17)18)8-16(12)5-1-4-15/h2-3,7-8H,1,4-6,15H2,(H,17,18). The van der Waals surface area contributed by atoms with Gasteiger partial charge in [0.05, 0.1) is 6.42 Å². The molecule has 0 amide bonds. The topological polar surface area (TPSA) is 68.2 Å². The Morgan fingerprint density at radius 2 is 2.22 bits per heavy atom. The average Bonchev–Trinajstić information content (AvgIpc) is 2.64. The Labute approximate surface area is 114 Å². The Hall–Kier alpha value is -1.33. The second-order valence-corrected chi connectivity index (χ2v) is 5.14. The molecule has 0 aliphatic rings. The van der Waals surface area contributed by atoms with Crippen molar-refractivity contribution in [2.75, 3.05) is 6.54 Å². The highest BCUT2D eigenvalue weighted by molar-refractivity contribution is 9.10. The van der Waals surface area contributed by atoms with E-state index in [4.69, 9.17) is 10.8 Å². The highest BCUT2D eigenvalue weighted by Gasteiger charge is 2.11. The highest BCUT2D eigenvalue weighted by Crippen LogP contribution is 2.26. The lowest BCUT2D eigenvalue weighted by Crippen LogP contribution is -2.05. The predicted octanol–water partition coefficient (Wildman–Crippen LogP) is 2.38. The van der Waals surface area contributed by atoms with Crippen LogP contribution in [0.3, 0.4) is 0 Å². The molecule has 5 heteroatoms. The van der Waals surface area contributed by atoms with Gasteiger partial charge < -0.3 is 15.4 Å². The second-order valence-electron chi connectivity index (χ2n) is 4.22. The van der Waals surface area contributed by atoms with Crippen molar-refractivity contribution < 1.29 is 9.90 Å². The van der Waals surface area contributed by atoms with Gasteiger partial charge in [0.2, 0.25) is 0 Å². The maximum absolute atomic E-state index is 10.9.